The van der Waals surface area contributed by atoms with E-state index >= 15 is 0 Å². The van der Waals surface area contributed by atoms with Crippen LogP contribution in [0, 0.1) is 0 Å². The van der Waals surface area contributed by atoms with Gasteiger partial charge in [0.25, 0.3) is 0 Å². The van der Waals surface area contributed by atoms with Crippen LogP contribution < -0.4 is 0 Å². The van der Waals surface area contributed by atoms with Gasteiger partial charge in [-0.1, -0.05) is 6.08 Å². The summed E-state index contributed by atoms with van der Waals surface area (Å²) >= 11 is 0. The van der Waals surface area contributed by atoms with E-state index in [1.54, 1.807) is 6.08 Å². The quantitative estimate of drug-likeness (QED) is 0.333. The summed E-state index contributed by atoms with van der Waals surface area (Å²) in [5, 5.41) is 8.47. The van der Waals surface area contributed by atoms with Crippen molar-refractivity contribution >= 4 is 0 Å². The Morgan fingerprint density at radius 3 is 1.60 bits per heavy atom. The zero-order valence-electron chi connectivity index (χ0n) is 12.4. The Morgan fingerprint density at radius 1 is 0.800 bits per heavy atom. The van der Waals surface area contributed by atoms with Gasteiger partial charge in [0.05, 0.1) is 72.2 Å². The summed E-state index contributed by atoms with van der Waals surface area (Å²) in [7, 11) is 0. The largest absolute Gasteiger partial charge is 0.394 e. The van der Waals surface area contributed by atoms with Crippen LogP contribution in [0.1, 0.15) is 6.92 Å². The summed E-state index contributed by atoms with van der Waals surface area (Å²) in [5.74, 6) is 0. The number of aliphatic hydroxyl groups is 1. The van der Waals surface area contributed by atoms with Gasteiger partial charge in [-0.05, 0) is 6.92 Å². The molecule has 0 aromatic rings. The molecule has 6 nitrogen and oxygen atoms in total. The minimum Gasteiger partial charge on any atom is -0.394 e. The van der Waals surface area contributed by atoms with E-state index in [1.807, 2.05) is 6.92 Å². The predicted octanol–water partition coefficient (Wildman–Crippen LogP) is 0.636. The van der Waals surface area contributed by atoms with E-state index in [0.29, 0.717) is 59.5 Å². The molecule has 0 amide bonds. The fourth-order valence-corrected chi connectivity index (χ4v) is 1.19. The van der Waals surface area contributed by atoms with Gasteiger partial charge in [0.15, 0.2) is 0 Å². The van der Waals surface area contributed by atoms with Gasteiger partial charge in [-0.3, -0.25) is 0 Å². The van der Waals surface area contributed by atoms with Gasteiger partial charge in [0.2, 0.25) is 0 Å². The highest BCUT2D eigenvalue weighted by molar-refractivity contribution is 4.74. The van der Waals surface area contributed by atoms with E-state index in [4.69, 9.17) is 28.8 Å². The molecule has 1 unspecified atom stereocenters. The molecular weight excluding hydrogens is 264 g/mol. The summed E-state index contributed by atoms with van der Waals surface area (Å²) < 4.78 is 26.3. The van der Waals surface area contributed by atoms with Crippen molar-refractivity contribution in [2.75, 3.05) is 66.1 Å². The van der Waals surface area contributed by atoms with Crippen LogP contribution in [0.5, 0.6) is 0 Å². The van der Waals surface area contributed by atoms with Crippen molar-refractivity contribution in [1.82, 2.24) is 0 Å². The second-order valence-corrected chi connectivity index (χ2v) is 3.98. The summed E-state index contributed by atoms with van der Waals surface area (Å²) in [6.45, 7) is 10.2. The maximum atomic E-state index is 8.47. The van der Waals surface area contributed by atoms with Crippen LogP contribution in [0.15, 0.2) is 12.7 Å². The first-order valence-electron chi connectivity index (χ1n) is 6.97. The molecule has 1 atom stereocenters. The highest BCUT2D eigenvalue weighted by Crippen LogP contribution is 1.90. The van der Waals surface area contributed by atoms with Crippen molar-refractivity contribution in [1.29, 1.82) is 0 Å². The lowest BCUT2D eigenvalue weighted by Gasteiger charge is -2.09. The van der Waals surface area contributed by atoms with Crippen LogP contribution in [0.25, 0.3) is 0 Å². The molecule has 0 aliphatic rings. The molecule has 0 spiro atoms. The molecule has 0 heterocycles. The van der Waals surface area contributed by atoms with Crippen molar-refractivity contribution < 1.29 is 28.8 Å². The molecule has 0 rings (SSSR count). The fourth-order valence-electron chi connectivity index (χ4n) is 1.19. The zero-order chi connectivity index (χ0) is 14.9. The van der Waals surface area contributed by atoms with Gasteiger partial charge in [-0.15, -0.1) is 6.58 Å². The normalized spacial score (nSPS) is 12.5. The Bertz CT molecular complexity index is 200. The minimum absolute atomic E-state index is 0.0423. The number of hydrogen-bond acceptors (Lipinski definition) is 6. The summed E-state index contributed by atoms with van der Waals surface area (Å²) in [5.41, 5.74) is 0. The van der Waals surface area contributed by atoms with Crippen molar-refractivity contribution in [2.24, 2.45) is 0 Å². The van der Waals surface area contributed by atoms with E-state index in [1.165, 1.54) is 0 Å². The van der Waals surface area contributed by atoms with Crippen LogP contribution in [0.2, 0.25) is 0 Å². The van der Waals surface area contributed by atoms with Crippen molar-refractivity contribution in [3.8, 4) is 0 Å². The Morgan fingerprint density at radius 2 is 1.20 bits per heavy atom. The zero-order valence-corrected chi connectivity index (χ0v) is 12.4. The predicted molar refractivity (Wildman–Crippen MR) is 76.0 cm³/mol. The summed E-state index contributed by atoms with van der Waals surface area (Å²) in [6, 6.07) is 0. The molecule has 0 fully saturated rings. The SMILES string of the molecule is C=CC(C)OCCOCCOCCOCCOCCO. The van der Waals surface area contributed by atoms with Gasteiger partial charge >= 0.3 is 0 Å². The Kier molecular flexibility index (Phi) is 16.1. The molecule has 6 heteroatoms. The van der Waals surface area contributed by atoms with Crippen LogP contribution in [0.4, 0.5) is 0 Å². The molecule has 0 radical (unpaired) electrons. The highest BCUT2D eigenvalue weighted by atomic mass is 16.6. The average Bonchev–Trinajstić information content (AvgIpc) is 2.47. The average molecular weight is 292 g/mol. The number of rotatable bonds is 16. The van der Waals surface area contributed by atoms with E-state index in [9.17, 15) is 0 Å². The van der Waals surface area contributed by atoms with Crippen molar-refractivity contribution in [3.63, 3.8) is 0 Å². The van der Waals surface area contributed by atoms with Gasteiger partial charge in [0, 0.05) is 0 Å². The molecule has 1 N–H and O–H groups in total. The van der Waals surface area contributed by atoms with E-state index < -0.39 is 0 Å². The second-order valence-electron chi connectivity index (χ2n) is 3.98. The molecule has 20 heavy (non-hydrogen) atoms. The molecule has 0 aliphatic carbocycles. The van der Waals surface area contributed by atoms with Gasteiger partial charge in [-0.2, -0.15) is 0 Å². The highest BCUT2D eigenvalue weighted by Gasteiger charge is 1.95. The molecule has 0 aromatic heterocycles. The minimum atomic E-state index is 0.0423. The third-order valence-electron chi connectivity index (χ3n) is 2.29. The van der Waals surface area contributed by atoms with E-state index in [0.717, 1.165) is 0 Å². The van der Waals surface area contributed by atoms with Crippen molar-refractivity contribution in [2.45, 2.75) is 13.0 Å². The van der Waals surface area contributed by atoms with E-state index in [2.05, 4.69) is 6.58 Å². The van der Waals surface area contributed by atoms with Crippen LogP contribution in [0.3, 0.4) is 0 Å². The molecule has 0 aliphatic heterocycles. The third-order valence-corrected chi connectivity index (χ3v) is 2.29. The standard InChI is InChI=1S/C14H28O6/c1-3-14(2)20-13-12-19-11-10-18-9-8-17-7-6-16-5-4-15/h3,14-15H,1,4-13H2,2H3. The molecule has 0 aromatic carbocycles. The summed E-state index contributed by atoms with van der Waals surface area (Å²) in [4.78, 5) is 0. The molecule has 120 valence electrons. The maximum Gasteiger partial charge on any atom is 0.0726 e. The Balaban J connectivity index is 2.97. The van der Waals surface area contributed by atoms with E-state index in [-0.39, 0.29) is 12.7 Å². The van der Waals surface area contributed by atoms with Crippen molar-refractivity contribution in [3.05, 3.63) is 12.7 Å². The fraction of sp³-hybridized carbons (Fsp3) is 0.857. The van der Waals surface area contributed by atoms with Crippen LogP contribution in [-0.2, 0) is 23.7 Å². The topological polar surface area (TPSA) is 66.4 Å². The molecular formula is C14H28O6. The van der Waals surface area contributed by atoms with Crippen LogP contribution >= 0.6 is 0 Å². The molecule has 0 saturated heterocycles. The maximum absolute atomic E-state index is 8.47. The second kappa shape index (κ2) is 16.6. The lowest BCUT2D eigenvalue weighted by Crippen LogP contribution is -2.14. The van der Waals surface area contributed by atoms with Gasteiger partial charge < -0.3 is 28.8 Å². The Labute approximate surface area is 121 Å². The molecule has 0 saturated carbocycles. The first-order valence-corrected chi connectivity index (χ1v) is 6.97. The first-order chi connectivity index (χ1) is 9.81. The monoisotopic (exact) mass is 292 g/mol. The lowest BCUT2D eigenvalue weighted by molar-refractivity contribution is -0.0165. The summed E-state index contributed by atoms with van der Waals surface area (Å²) in [6.07, 6.45) is 1.81. The number of aliphatic hydroxyl groups excluding tert-OH is 1. The molecule has 0 bridgehead atoms. The van der Waals surface area contributed by atoms with Crippen LogP contribution in [-0.4, -0.2) is 77.3 Å². The third kappa shape index (κ3) is 15.6. The van der Waals surface area contributed by atoms with Gasteiger partial charge in [0.1, 0.15) is 0 Å². The van der Waals surface area contributed by atoms with Gasteiger partial charge in [-0.25, -0.2) is 0 Å². The smallest absolute Gasteiger partial charge is 0.0726 e. The Hall–Kier alpha value is -0.500. The number of hydrogen-bond donors (Lipinski definition) is 1. The number of ether oxygens (including phenoxy) is 5. The first kappa shape index (κ1) is 19.5. The lowest BCUT2D eigenvalue weighted by atomic mass is 10.4.